The van der Waals surface area contributed by atoms with Gasteiger partial charge in [-0.15, -0.1) is 10.2 Å². The smallest absolute Gasteiger partial charge is 0.246 e. The maximum absolute atomic E-state index is 13.1. The maximum Gasteiger partial charge on any atom is 0.246 e. The summed E-state index contributed by atoms with van der Waals surface area (Å²) in [5, 5.41) is 12.5. The molecule has 0 atom stereocenters. The van der Waals surface area contributed by atoms with Crippen molar-refractivity contribution in [3.8, 4) is 11.4 Å². The van der Waals surface area contributed by atoms with Crippen LogP contribution in [0.5, 0.6) is 0 Å². The highest BCUT2D eigenvalue weighted by molar-refractivity contribution is 5.76. The number of aromatic nitrogens is 4. The van der Waals surface area contributed by atoms with Crippen molar-refractivity contribution in [2.75, 3.05) is 50.1 Å². The largest absolute Gasteiger partial charge is 0.378 e. The molecule has 0 aliphatic carbocycles. The molecule has 8 nitrogen and oxygen atoms in total. The Morgan fingerprint density at radius 2 is 1.67 bits per heavy atom. The van der Waals surface area contributed by atoms with Crippen LogP contribution in [0.25, 0.3) is 11.4 Å². The van der Waals surface area contributed by atoms with Crippen LogP contribution in [-0.4, -0.2) is 71.3 Å². The van der Waals surface area contributed by atoms with E-state index in [9.17, 15) is 9.18 Å². The fourth-order valence-electron chi connectivity index (χ4n) is 3.42. The SMILES string of the molecule is CN(C)c1ccc(-c2nnn(CC(=O)N3CCN(c4ccc(F)cc4)CC3)n2)cc1. The van der Waals surface area contributed by atoms with Gasteiger partial charge in [0.2, 0.25) is 11.7 Å². The molecule has 1 aliphatic rings. The number of amides is 1. The van der Waals surface area contributed by atoms with Gasteiger partial charge in [-0.25, -0.2) is 4.39 Å². The van der Waals surface area contributed by atoms with Crippen molar-refractivity contribution in [2.24, 2.45) is 0 Å². The number of hydrogen-bond acceptors (Lipinski definition) is 6. The summed E-state index contributed by atoms with van der Waals surface area (Å²) < 4.78 is 13.1. The first kappa shape index (κ1) is 19.8. The summed E-state index contributed by atoms with van der Waals surface area (Å²) in [5.74, 6) is 0.204. The van der Waals surface area contributed by atoms with Crippen LogP contribution in [0.4, 0.5) is 15.8 Å². The van der Waals surface area contributed by atoms with E-state index < -0.39 is 0 Å². The summed E-state index contributed by atoms with van der Waals surface area (Å²) in [6.07, 6.45) is 0. The predicted octanol–water partition coefficient (Wildman–Crippen LogP) is 1.89. The Kier molecular flexibility index (Phi) is 5.60. The van der Waals surface area contributed by atoms with Gasteiger partial charge in [0, 0.05) is 57.2 Å². The molecule has 9 heteroatoms. The van der Waals surface area contributed by atoms with Gasteiger partial charge in [-0.3, -0.25) is 4.79 Å². The molecule has 0 radical (unpaired) electrons. The fraction of sp³-hybridized carbons (Fsp3) is 0.333. The van der Waals surface area contributed by atoms with Gasteiger partial charge >= 0.3 is 0 Å². The standard InChI is InChI=1S/C21H24FN7O/c1-26(2)18-7-3-16(4-8-18)21-23-25-29(24-21)15-20(30)28-13-11-27(12-14-28)19-9-5-17(22)6-10-19/h3-10H,11-15H2,1-2H3. The quantitative estimate of drug-likeness (QED) is 0.641. The van der Waals surface area contributed by atoms with Gasteiger partial charge in [0.05, 0.1) is 0 Å². The van der Waals surface area contributed by atoms with E-state index >= 15 is 0 Å². The van der Waals surface area contributed by atoms with E-state index in [-0.39, 0.29) is 18.3 Å². The Balaban J connectivity index is 1.33. The highest BCUT2D eigenvalue weighted by atomic mass is 19.1. The van der Waals surface area contributed by atoms with E-state index in [0.29, 0.717) is 32.0 Å². The molecule has 0 unspecified atom stereocenters. The van der Waals surface area contributed by atoms with E-state index in [1.165, 1.54) is 16.9 Å². The van der Waals surface area contributed by atoms with Crippen molar-refractivity contribution in [1.82, 2.24) is 25.1 Å². The lowest BCUT2D eigenvalue weighted by atomic mass is 10.2. The third kappa shape index (κ3) is 4.40. The minimum atomic E-state index is -0.249. The molecule has 3 aromatic rings. The molecule has 1 amide bonds. The molecular formula is C21H24FN7O. The first-order chi connectivity index (χ1) is 14.5. The molecule has 4 rings (SSSR count). The van der Waals surface area contributed by atoms with Crippen LogP contribution in [0.3, 0.4) is 0 Å². The van der Waals surface area contributed by atoms with Crippen molar-refractivity contribution in [1.29, 1.82) is 0 Å². The van der Waals surface area contributed by atoms with Gasteiger partial charge < -0.3 is 14.7 Å². The number of hydrogen-bond donors (Lipinski definition) is 0. The number of rotatable bonds is 5. The Morgan fingerprint density at radius 1 is 1.00 bits per heavy atom. The molecule has 1 aliphatic heterocycles. The molecule has 30 heavy (non-hydrogen) atoms. The molecule has 2 heterocycles. The van der Waals surface area contributed by atoms with Gasteiger partial charge in [-0.1, -0.05) is 0 Å². The lowest BCUT2D eigenvalue weighted by Gasteiger charge is -2.36. The molecule has 0 N–H and O–H groups in total. The van der Waals surface area contributed by atoms with Crippen LogP contribution in [0.2, 0.25) is 0 Å². The van der Waals surface area contributed by atoms with Crippen LogP contribution < -0.4 is 9.80 Å². The van der Waals surface area contributed by atoms with Crippen LogP contribution in [0.15, 0.2) is 48.5 Å². The lowest BCUT2D eigenvalue weighted by molar-refractivity contribution is -0.132. The van der Waals surface area contributed by atoms with E-state index in [2.05, 4.69) is 20.3 Å². The first-order valence-corrected chi connectivity index (χ1v) is 9.83. The number of carbonyl (C=O) groups is 1. The predicted molar refractivity (Wildman–Crippen MR) is 113 cm³/mol. The molecule has 0 saturated carbocycles. The van der Waals surface area contributed by atoms with Gasteiger partial charge in [0.15, 0.2) is 0 Å². The molecule has 2 aromatic carbocycles. The van der Waals surface area contributed by atoms with Crippen LogP contribution in [-0.2, 0) is 11.3 Å². The minimum absolute atomic E-state index is 0.0411. The van der Waals surface area contributed by atoms with Gasteiger partial charge in [0.25, 0.3) is 0 Å². The first-order valence-electron chi connectivity index (χ1n) is 9.83. The van der Waals surface area contributed by atoms with E-state index in [0.717, 1.165) is 16.9 Å². The number of benzene rings is 2. The lowest BCUT2D eigenvalue weighted by Crippen LogP contribution is -2.49. The van der Waals surface area contributed by atoms with Crippen molar-refractivity contribution >= 4 is 17.3 Å². The molecule has 0 spiro atoms. The van der Waals surface area contributed by atoms with Crippen LogP contribution >= 0.6 is 0 Å². The van der Waals surface area contributed by atoms with Crippen LogP contribution in [0.1, 0.15) is 0 Å². The number of halogens is 1. The van der Waals surface area contributed by atoms with E-state index in [1.54, 1.807) is 17.0 Å². The molecule has 1 fully saturated rings. The van der Waals surface area contributed by atoms with E-state index in [1.807, 2.05) is 43.3 Å². The van der Waals surface area contributed by atoms with Gasteiger partial charge in [-0.2, -0.15) is 4.80 Å². The summed E-state index contributed by atoms with van der Waals surface area (Å²) in [6, 6.07) is 14.3. The Bertz CT molecular complexity index is 993. The molecule has 1 aromatic heterocycles. The normalized spacial score (nSPS) is 14.1. The second-order valence-electron chi connectivity index (χ2n) is 7.43. The van der Waals surface area contributed by atoms with Gasteiger partial charge in [-0.05, 0) is 53.7 Å². The molecular weight excluding hydrogens is 385 g/mol. The maximum atomic E-state index is 13.1. The topological polar surface area (TPSA) is 70.4 Å². The molecule has 1 saturated heterocycles. The summed E-state index contributed by atoms with van der Waals surface area (Å²) >= 11 is 0. The number of piperazine rings is 1. The highest BCUT2D eigenvalue weighted by Gasteiger charge is 2.22. The second kappa shape index (κ2) is 8.48. The summed E-state index contributed by atoms with van der Waals surface area (Å²) in [7, 11) is 3.96. The van der Waals surface area contributed by atoms with Crippen molar-refractivity contribution in [3.05, 3.63) is 54.3 Å². The Morgan fingerprint density at radius 3 is 2.30 bits per heavy atom. The average Bonchev–Trinajstić information content (AvgIpc) is 3.23. The van der Waals surface area contributed by atoms with E-state index in [4.69, 9.17) is 0 Å². The zero-order chi connectivity index (χ0) is 21.1. The third-order valence-corrected chi connectivity index (χ3v) is 5.20. The number of tetrazole rings is 1. The summed E-state index contributed by atoms with van der Waals surface area (Å²) in [5.41, 5.74) is 2.90. The Labute approximate surface area is 174 Å². The Hall–Kier alpha value is -3.49. The monoisotopic (exact) mass is 409 g/mol. The van der Waals surface area contributed by atoms with Crippen molar-refractivity contribution in [3.63, 3.8) is 0 Å². The summed E-state index contributed by atoms with van der Waals surface area (Å²) in [4.78, 5) is 19.9. The number of nitrogens with zero attached hydrogens (tertiary/aromatic N) is 7. The second-order valence-corrected chi connectivity index (χ2v) is 7.43. The van der Waals surface area contributed by atoms with Crippen molar-refractivity contribution < 1.29 is 9.18 Å². The van der Waals surface area contributed by atoms with Gasteiger partial charge in [0.1, 0.15) is 12.4 Å². The van der Waals surface area contributed by atoms with Crippen LogP contribution in [0, 0.1) is 5.82 Å². The average molecular weight is 409 g/mol. The fourth-order valence-corrected chi connectivity index (χ4v) is 3.42. The summed E-state index contributed by atoms with van der Waals surface area (Å²) in [6.45, 7) is 2.66. The van der Waals surface area contributed by atoms with Crippen molar-refractivity contribution in [2.45, 2.75) is 6.54 Å². The highest BCUT2D eigenvalue weighted by Crippen LogP contribution is 2.19. The number of carbonyl (C=O) groups excluding carboxylic acids is 1. The minimum Gasteiger partial charge on any atom is -0.378 e. The molecule has 0 bridgehead atoms. The zero-order valence-corrected chi connectivity index (χ0v) is 17.1. The number of anilines is 2. The zero-order valence-electron chi connectivity index (χ0n) is 17.1. The third-order valence-electron chi connectivity index (χ3n) is 5.20. The molecule has 156 valence electrons.